The van der Waals surface area contributed by atoms with Crippen LogP contribution in [0.25, 0.3) is 28.0 Å². The van der Waals surface area contributed by atoms with E-state index in [2.05, 4.69) is 4.98 Å². The number of thioether (sulfide) groups is 1. The molecule has 0 saturated carbocycles. The van der Waals surface area contributed by atoms with Crippen molar-refractivity contribution in [2.45, 2.75) is 18.7 Å². The lowest BCUT2D eigenvalue weighted by atomic mass is 10.0. The van der Waals surface area contributed by atoms with Gasteiger partial charge in [0.2, 0.25) is 0 Å². The summed E-state index contributed by atoms with van der Waals surface area (Å²) >= 11 is 1.66. The Kier molecular flexibility index (Phi) is 4.44. The summed E-state index contributed by atoms with van der Waals surface area (Å²) in [7, 11) is 0. The molecule has 0 radical (unpaired) electrons. The number of hydrogen-bond acceptors (Lipinski definition) is 3. The molecule has 0 aliphatic carbocycles. The van der Waals surface area contributed by atoms with Crippen LogP contribution in [-0.4, -0.2) is 20.9 Å². The lowest BCUT2D eigenvalue weighted by Crippen LogP contribution is -1.98. The van der Waals surface area contributed by atoms with Gasteiger partial charge in [0.25, 0.3) is 0 Å². The molecule has 0 atom stereocenters. The Labute approximate surface area is 160 Å². The predicted molar refractivity (Wildman–Crippen MR) is 105 cm³/mol. The van der Waals surface area contributed by atoms with Crippen LogP contribution in [0.3, 0.4) is 0 Å². The minimum atomic E-state index is -0.889. The van der Waals surface area contributed by atoms with Crippen LogP contribution >= 0.6 is 11.8 Å². The lowest BCUT2D eigenvalue weighted by molar-refractivity contribution is 0.509. The molecule has 27 heavy (non-hydrogen) atoms. The summed E-state index contributed by atoms with van der Waals surface area (Å²) in [6, 6.07) is 11.9. The zero-order chi connectivity index (χ0) is 19.1. The van der Waals surface area contributed by atoms with E-state index >= 15 is 0 Å². The van der Waals surface area contributed by atoms with Crippen molar-refractivity contribution in [1.82, 2.24) is 14.6 Å². The second kappa shape index (κ2) is 6.78. The van der Waals surface area contributed by atoms with Gasteiger partial charge in [-0.1, -0.05) is 18.2 Å². The molecule has 0 bridgehead atoms. The molecule has 0 aliphatic heterocycles. The average Bonchev–Trinajstić information content (AvgIpc) is 3.07. The highest BCUT2D eigenvalue weighted by Crippen LogP contribution is 2.36. The number of benzene rings is 2. The molecular weight excluding hydrogens is 364 g/mol. The summed E-state index contributed by atoms with van der Waals surface area (Å²) < 4.78 is 29.2. The number of rotatable bonds is 3. The molecule has 0 aliphatic rings. The molecule has 2 aromatic heterocycles. The number of hydrogen-bond donors (Lipinski definition) is 0. The minimum Gasteiger partial charge on any atom is -0.236 e. The van der Waals surface area contributed by atoms with Crippen LogP contribution in [0.15, 0.2) is 53.6 Å². The Bertz CT molecular complexity index is 1150. The van der Waals surface area contributed by atoms with Crippen LogP contribution in [0.5, 0.6) is 0 Å². The van der Waals surface area contributed by atoms with Crippen molar-refractivity contribution in [1.29, 1.82) is 0 Å². The molecule has 0 unspecified atom stereocenters. The van der Waals surface area contributed by atoms with Crippen molar-refractivity contribution in [3.05, 3.63) is 71.6 Å². The Morgan fingerprint density at radius 2 is 1.63 bits per heavy atom. The molecule has 3 nitrogen and oxygen atoms in total. The van der Waals surface area contributed by atoms with Crippen molar-refractivity contribution in [2.24, 2.45) is 0 Å². The Balaban J connectivity index is 2.04. The standard InChI is InChI=1S/C21H17F2N3S/c1-12-11-24-21-19(15-6-9-17(22)18(23)10-15)20(25-26(21)13(12)2)14-4-7-16(27-3)8-5-14/h4-11H,1-3H3. The molecule has 136 valence electrons. The Morgan fingerprint density at radius 3 is 2.30 bits per heavy atom. The number of nitrogens with zero attached hydrogens (tertiary/aromatic N) is 3. The van der Waals surface area contributed by atoms with E-state index in [0.29, 0.717) is 22.5 Å². The minimum absolute atomic E-state index is 0.545. The molecule has 2 aromatic carbocycles. The highest BCUT2D eigenvalue weighted by Gasteiger charge is 2.20. The second-order valence-electron chi connectivity index (χ2n) is 6.34. The quantitative estimate of drug-likeness (QED) is 0.428. The largest absolute Gasteiger partial charge is 0.236 e. The molecule has 0 N–H and O–H groups in total. The van der Waals surface area contributed by atoms with E-state index in [1.165, 1.54) is 6.07 Å². The van der Waals surface area contributed by atoms with Gasteiger partial charge in [-0.25, -0.2) is 18.3 Å². The fraction of sp³-hybridized carbons (Fsp3) is 0.143. The van der Waals surface area contributed by atoms with Crippen molar-refractivity contribution < 1.29 is 8.78 Å². The molecule has 4 aromatic rings. The maximum Gasteiger partial charge on any atom is 0.163 e. The zero-order valence-electron chi connectivity index (χ0n) is 15.1. The highest BCUT2D eigenvalue weighted by atomic mass is 32.2. The van der Waals surface area contributed by atoms with Crippen LogP contribution in [0.1, 0.15) is 11.3 Å². The predicted octanol–water partition coefficient (Wildman–Crippen LogP) is 5.68. The van der Waals surface area contributed by atoms with E-state index in [4.69, 9.17) is 5.10 Å². The summed E-state index contributed by atoms with van der Waals surface area (Å²) in [5.74, 6) is -1.76. The molecule has 2 heterocycles. The van der Waals surface area contributed by atoms with Crippen LogP contribution in [0, 0.1) is 25.5 Å². The normalized spacial score (nSPS) is 11.3. The van der Waals surface area contributed by atoms with Crippen molar-refractivity contribution >= 4 is 17.4 Å². The fourth-order valence-corrected chi connectivity index (χ4v) is 3.46. The van der Waals surface area contributed by atoms with E-state index in [1.54, 1.807) is 28.5 Å². The molecule has 0 amide bonds. The number of halogens is 2. The summed E-state index contributed by atoms with van der Waals surface area (Å²) in [5, 5.41) is 4.76. The van der Waals surface area contributed by atoms with Gasteiger partial charge in [-0.05, 0) is 55.5 Å². The molecule has 0 saturated heterocycles. The van der Waals surface area contributed by atoms with Gasteiger partial charge in [0.05, 0.1) is 5.56 Å². The molecular formula is C21H17F2N3S. The summed E-state index contributed by atoms with van der Waals surface area (Å²) in [4.78, 5) is 5.67. The number of aromatic nitrogens is 3. The first-order valence-corrected chi connectivity index (χ1v) is 9.67. The van der Waals surface area contributed by atoms with Gasteiger partial charge >= 0.3 is 0 Å². The van der Waals surface area contributed by atoms with Gasteiger partial charge in [-0.3, -0.25) is 0 Å². The number of fused-ring (bicyclic) bond motifs is 1. The van der Waals surface area contributed by atoms with Crippen LogP contribution < -0.4 is 0 Å². The Morgan fingerprint density at radius 1 is 0.926 bits per heavy atom. The lowest BCUT2D eigenvalue weighted by Gasteiger charge is -2.06. The van der Waals surface area contributed by atoms with Crippen molar-refractivity contribution in [2.75, 3.05) is 6.26 Å². The smallest absolute Gasteiger partial charge is 0.163 e. The van der Waals surface area contributed by atoms with Gasteiger partial charge < -0.3 is 0 Å². The zero-order valence-corrected chi connectivity index (χ0v) is 15.9. The highest BCUT2D eigenvalue weighted by molar-refractivity contribution is 7.98. The monoisotopic (exact) mass is 381 g/mol. The van der Waals surface area contributed by atoms with Crippen molar-refractivity contribution in [3.8, 4) is 22.4 Å². The van der Waals surface area contributed by atoms with Crippen molar-refractivity contribution in [3.63, 3.8) is 0 Å². The summed E-state index contributed by atoms with van der Waals surface area (Å²) in [6.07, 6.45) is 3.79. The molecule has 0 spiro atoms. The third kappa shape index (κ3) is 3.00. The van der Waals surface area contributed by atoms with E-state index in [1.807, 2.05) is 44.4 Å². The maximum absolute atomic E-state index is 13.9. The molecule has 4 rings (SSSR count). The third-order valence-electron chi connectivity index (χ3n) is 4.70. The Hall–Kier alpha value is -2.73. The van der Waals surface area contributed by atoms with Gasteiger partial charge in [0, 0.05) is 22.3 Å². The topological polar surface area (TPSA) is 30.2 Å². The van der Waals surface area contributed by atoms with E-state index in [9.17, 15) is 8.78 Å². The average molecular weight is 381 g/mol. The van der Waals surface area contributed by atoms with Crippen LogP contribution in [-0.2, 0) is 0 Å². The first-order valence-electron chi connectivity index (χ1n) is 8.44. The third-order valence-corrected chi connectivity index (χ3v) is 5.45. The second-order valence-corrected chi connectivity index (χ2v) is 7.22. The first kappa shape index (κ1) is 17.7. The maximum atomic E-state index is 13.9. The number of aryl methyl sites for hydroxylation is 2. The van der Waals surface area contributed by atoms with E-state index in [0.717, 1.165) is 27.8 Å². The van der Waals surface area contributed by atoms with E-state index < -0.39 is 11.6 Å². The van der Waals surface area contributed by atoms with Gasteiger partial charge in [-0.15, -0.1) is 11.8 Å². The van der Waals surface area contributed by atoms with Crippen LogP contribution in [0.4, 0.5) is 8.78 Å². The first-order chi connectivity index (χ1) is 13.0. The fourth-order valence-electron chi connectivity index (χ4n) is 3.05. The van der Waals surface area contributed by atoms with Gasteiger partial charge in [-0.2, -0.15) is 5.10 Å². The molecule has 0 fully saturated rings. The molecule has 6 heteroatoms. The van der Waals surface area contributed by atoms with Gasteiger partial charge in [0.1, 0.15) is 5.69 Å². The SMILES string of the molecule is CSc1ccc(-c2nn3c(C)c(C)cnc3c2-c2ccc(F)c(F)c2)cc1. The summed E-state index contributed by atoms with van der Waals surface area (Å²) in [5.41, 5.74) is 5.40. The van der Waals surface area contributed by atoms with Gasteiger partial charge in [0.15, 0.2) is 17.3 Å². The summed E-state index contributed by atoms with van der Waals surface area (Å²) in [6.45, 7) is 3.93. The van der Waals surface area contributed by atoms with Crippen LogP contribution in [0.2, 0.25) is 0 Å². The van der Waals surface area contributed by atoms with E-state index in [-0.39, 0.29) is 0 Å².